The predicted molar refractivity (Wildman–Crippen MR) is 97.4 cm³/mol. The van der Waals surface area contributed by atoms with Crippen molar-refractivity contribution in [2.75, 3.05) is 50.7 Å². The average molecular weight is 340 g/mol. The van der Waals surface area contributed by atoms with E-state index in [4.69, 9.17) is 0 Å². The zero-order chi connectivity index (χ0) is 16.9. The van der Waals surface area contributed by atoms with Crippen molar-refractivity contribution in [3.63, 3.8) is 0 Å². The monoisotopic (exact) mass is 340 g/mol. The lowest BCUT2D eigenvalue weighted by atomic mass is 9.96. The molecular weight excluding hydrogens is 312 g/mol. The molecule has 3 heterocycles. The van der Waals surface area contributed by atoms with E-state index in [2.05, 4.69) is 31.8 Å². The Labute approximate surface area is 150 Å². The van der Waals surface area contributed by atoms with Crippen LogP contribution in [0, 0.1) is 17.3 Å². The maximum atomic E-state index is 12.7. The number of carbonyl (C=O) groups is 1. The standard InChI is InChI=1S/C20H28N4O/c25-19(20-12-17(20)13-20)24-7-3-4-16(15-24)14-22-8-10-23(11-9-22)18-5-1-2-6-21-18/h1-2,5-6,16-17H,3-4,7-15H2. The number of nitrogens with zero attached hydrogens (tertiary/aromatic N) is 4. The number of hydrogen-bond donors (Lipinski definition) is 0. The highest BCUT2D eigenvalue weighted by molar-refractivity contribution is 5.90. The summed E-state index contributed by atoms with van der Waals surface area (Å²) in [5.41, 5.74) is 0.149. The third kappa shape index (κ3) is 2.92. The Morgan fingerprint density at radius 3 is 2.64 bits per heavy atom. The number of fused-ring (bicyclic) bond motifs is 1. The summed E-state index contributed by atoms with van der Waals surface area (Å²) in [5.74, 6) is 3.01. The van der Waals surface area contributed by atoms with Gasteiger partial charge in [-0.3, -0.25) is 9.69 Å². The maximum absolute atomic E-state index is 12.7. The number of hydrogen-bond acceptors (Lipinski definition) is 4. The molecule has 25 heavy (non-hydrogen) atoms. The molecule has 5 heteroatoms. The summed E-state index contributed by atoms with van der Waals surface area (Å²) in [6.07, 6.45) is 6.70. The van der Waals surface area contributed by atoms with Crippen molar-refractivity contribution >= 4 is 11.7 Å². The smallest absolute Gasteiger partial charge is 0.229 e. The minimum absolute atomic E-state index is 0.149. The van der Waals surface area contributed by atoms with Gasteiger partial charge in [0.05, 0.1) is 5.41 Å². The fourth-order valence-corrected chi connectivity index (χ4v) is 4.83. The fourth-order valence-electron chi connectivity index (χ4n) is 4.83. The van der Waals surface area contributed by atoms with E-state index in [1.54, 1.807) is 0 Å². The first-order chi connectivity index (χ1) is 12.2. The van der Waals surface area contributed by atoms with E-state index >= 15 is 0 Å². The molecule has 0 spiro atoms. The number of piperidine rings is 1. The molecule has 0 N–H and O–H groups in total. The molecular formula is C20H28N4O. The van der Waals surface area contributed by atoms with Crippen LogP contribution in [0.5, 0.6) is 0 Å². The Kier molecular flexibility index (Phi) is 3.73. The summed E-state index contributed by atoms with van der Waals surface area (Å²) in [7, 11) is 0. The molecule has 1 aromatic heterocycles. The number of pyridine rings is 1. The lowest BCUT2D eigenvalue weighted by molar-refractivity contribution is -0.136. The van der Waals surface area contributed by atoms with E-state index in [-0.39, 0.29) is 5.41 Å². The molecule has 2 saturated heterocycles. The number of amides is 1. The van der Waals surface area contributed by atoms with Gasteiger partial charge in [0.15, 0.2) is 0 Å². The first-order valence-electron chi connectivity index (χ1n) is 9.92. The van der Waals surface area contributed by atoms with Gasteiger partial charge in [0.2, 0.25) is 5.91 Å². The topological polar surface area (TPSA) is 39.7 Å². The van der Waals surface area contributed by atoms with E-state index < -0.39 is 0 Å². The van der Waals surface area contributed by atoms with Crippen LogP contribution >= 0.6 is 0 Å². The highest BCUT2D eigenvalue weighted by Gasteiger charge is 2.75. The minimum Gasteiger partial charge on any atom is -0.354 e. The molecule has 1 unspecified atom stereocenters. The summed E-state index contributed by atoms with van der Waals surface area (Å²) in [4.78, 5) is 24.3. The number of aromatic nitrogens is 1. The van der Waals surface area contributed by atoms with Gasteiger partial charge in [-0.15, -0.1) is 0 Å². The Morgan fingerprint density at radius 2 is 1.96 bits per heavy atom. The van der Waals surface area contributed by atoms with Gasteiger partial charge in [0.1, 0.15) is 5.82 Å². The number of rotatable bonds is 4. The highest BCUT2D eigenvalue weighted by Crippen LogP contribution is 2.76. The van der Waals surface area contributed by atoms with Crippen LogP contribution in [0.25, 0.3) is 0 Å². The lowest BCUT2D eigenvalue weighted by Crippen LogP contribution is -2.50. The van der Waals surface area contributed by atoms with Crippen LogP contribution in [-0.2, 0) is 4.79 Å². The predicted octanol–water partition coefficient (Wildman–Crippen LogP) is 1.85. The molecule has 2 saturated carbocycles. The van der Waals surface area contributed by atoms with Gasteiger partial charge in [-0.2, -0.15) is 0 Å². The van der Waals surface area contributed by atoms with E-state index in [1.165, 1.54) is 25.7 Å². The highest BCUT2D eigenvalue weighted by atomic mass is 16.2. The van der Waals surface area contributed by atoms with Gasteiger partial charge in [-0.05, 0) is 49.7 Å². The molecule has 0 bridgehead atoms. The third-order valence-corrected chi connectivity index (χ3v) is 6.78. The van der Waals surface area contributed by atoms with Gasteiger partial charge in [0.25, 0.3) is 0 Å². The molecule has 2 aliphatic carbocycles. The SMILES string of the molecule is O=C(N1CCCC(CN2CCN(c3ccccn3)CC2)C1)C12CC1C2. The second-order valence-electron chi connectivity index (χ2n) is 8.50. The fraction of sp³-hybridized carbons (Fsp3) is 0.700. The van der Waals surface area contributed by atoms with Crippen molar-refractivity contribution in [2.24, 2.45) is 17.3 Å². The Morgan fingerprint density at radius 1 is 1.16 bits per heavy atom. The summed E-state index contributed by atoms with van der Waals surface area (Å²) >= 11 is 0. The number of carbonyl (C=O) groups excluding carboxylic acids is 1. The van der Waals surface area contributed by atoms with Crippen molar-refractivity contribution < 1.29 is 4.79 Å². The summed E-state index contributed by atoms with van der Waals surface area (Å²) in [5, 5.41) is 0. The molecule has 1 amide bonds. The van der Waals surface area contributed by atoms with Crippen LogP contribution in [0.2, 0.25) is 0 Å². The number of anilines is 1. The molecule has 2 aliphatic heterocycles. The molecule has 1 atom stereocenters. The normalized spacial score (nSPS) is 34.6. The third-order valence-electron chi connectivity index (χ3n) is 6.78. The minimum atomic E-state index is 0.149. The van der Waals surface area contributed by atoms with Gasteiger partial charge < -0.3 is 9.80 Å². The Hall–Kier alpha value is -1.62. The van der Waals surface area contributed by atoms with E-state index in [0.29, 0.717) is 11.8 Å². The second kappa shape index (κ2) is 5.97. The number of piperazine rings is 1. The summed E-state index contributed by atoms with van der Waals surface area (Å²) in [6, 6.07) is 6.13. The zero-order valence-corrected chi connectivity index (χ0v) is 14.9. The van der Waals surface area contributed by atoms with Crippen molar-refractivity contribution in [3.05, 3.63) is 24.4 Å². The van der Waals surface area contributed by atoms with Crippen LogP contribution in [-0.4, -0.2) is 66.5 Å². The van der Waals surface area contributed by atoms with Crippen LogP contribution in [0.4, 0.5) is 5.82 Å². The van der Waals surface area contributed by atoms with Crippen LogP contribution in [0.1, 0.15) is 25.7 Å². The first-order valence-corrected chi connectivity index (χ1v) is 9.92. The van der Waals surface area contributed by atoms with Crippen LogP contribution in [0.15, 0.2) is 24.4 Å². The van der Waals surface area contributed by atoms with Crippen LogP contribution < -0.4 is 4.90 Å². The van der Waals surface area contributed by atoms with E-state index in [9.17, 15) is 4.79 Å². The van der Waals surface area contributed by atoms with Gasteiger partial charge in [0, 0.05) is 52.0 Å². The first kappa shape index (κ1) is 15.6. The van der Waals surface area contributed by atoms with Crippen molar-refractivity contribution in [2.45, 2.75) is 25.7 Å². The Bertz CT molecular complexity index is 634. The van der Waals surface area contributed by atoms with E-state index in [0.717, 1.165) is 57.5 Å². The molecule has 5 rings (SSSR count). The van der Waals surface area contributed by atoms with Gasteiger partial charge >= 0.3 is 0 Å². The molecule has 0 aromatic carbocycles. The summed E-state index contributed by atoms with van der Waals surface area (Å²) in [6.45, 7) is 7.45. The van der Waals surface area contributed by atoms with Crippen molar-refractivity contribution in [1.82, 2.24) is 14.8 Å². The van der Waals surface area contributed by atoms with E-state index in [1.807, 2.05) is 12.3 Å². The molecule has 134 valence electrons. The average Bonchev–Trinajstić information content (AvgIpc) is 3.53. The molecule has 4 aliphatic rings. The van der Waals surface area contributed by atoms with Crippen molar-refractivity contribution in [1.29, 1.82) is 0 Å². The molecule has 0 radical (unpaired) electrons. The van der Waals surface area contributed by atoms with Crippen LogP contribution in [0.3, 0.4) is 0 Å². The van der Waals surface area contributed by atoms with Crippen molar-refractivity contribution in [3.8, 4) is 0 Å². The largest absolute Gasteiger partial charge is 0.354 e. The number of likely N-dealkylation sites (tertiary alicyclic amines) is 1. The van der Waals surface area contributed by atoms with Gasteiger partial charge in [-0.1, -0.05) is 6.07 Å². The quantitative estimate of drug-likeness (QED) is 0.839. The Balaban J connectivity index is 1.12. The molecule has 4 fully saturated rings. The lowest BCUT2D eigenvalue weighted by Gasteiger charge is -2.40. The summed E-state index contributed by atoms with van der Waals surface area (Å²) < 4.78 is 0. The maximum Gasteiger partial charge on any atom is 0.229 e. The van der Waals surface area contributed by atoms with Gasteiger partial charge in [-0.25, -0.2) is 4.98 Å². The molecule has 1 aromatic rings. The zero-order valence-electron chi connectivity index (χ0n) is 14.9. The molecule has 5 nitrogen and oxygen atoms in total. The second-order valence-corrected chi connectivity index (χ2v) is 8.50.